The molecule has 160 valence electrons. The standard InChI is InChI=1S/C23H46N2O2/c1-2-3-4-5-6-7-8-9-10-11-12-13-14-15-16-17-18-22-24-19-20-25(22)21-23(26)27/h22,24H,2-21H2,1H3,(H,26,27). The Morgan fingerprint density at radius 2 is 1.26 bits per heavy atom. The van der Waals surface area contributed by atoms with E-state index in [2.05, 4.69) is 17.1 Å². The molecule has 0 amide bonds. The zero-order chi connectivity index (χ0) is 19.6. The first-order valence-electron chi connectivity index (χ1n) is 11.9. The van der Waals surface area contributed by atoms with Gasteiger partial charge in [0.05, 0.1) is 12.7 Å². The molecule has 1 aliphatic heterocycles. The number of aliphatic carboxylic acids is 1. The first-order valence-corrected chi connectivity index (χ1v) is 11.9. The minimum atomic E-state index is -0.712. The lowest BCUT2D eigenvalue weighted by Gasteiger charge is -2.21. The molecule has 0 aromatic heterocycles. The third-order valence-electron chi connectivity index (χ3n) is 5.89. The van der Waals surface area contributed by atoms with Gasteiger partial charge in [-0.15, -0.1) is 0 Å². The van der Waals surface area contributed by atoms with Gasteiger partial charge in [0, 0.05) is 13.1 Å². The van der Waals surface area contributed by atoms with Crippen molar-refractivity contribution in [2.75, 3.05) is 19.6 Å². The van der Waals surface area contributed by atoms with Gasteiger partial charge in [-0.25, -0.2) is 0 Å². The Morgan fingerprint density at radius 1 is 0.815 bits per heavy atom. The van der Waals surface area contributed by atoms with Crippen LogP contribution in [0.1, 0.15) is 116 Å². The van der Waals surface area contributed by atoms with Gasteiger partial charge in [-0.05, 0) is 6.42 Å². The molecule has 1 heterocycles. The number of hydrogen-bond acceptors (Lipinski definition) is 3. The molecular formula is C23H46N2O2. The van der Waals surface area contributed by atoms with Gasteiger partial charge >= 0.3 is 5.97 Å². The smallest absolute Gasteiger partial charge is 0.317 e. The largest absolute Gasteiger partial charge is 0.480 e. The van der Waals surface area contributed by atoms with E-state index in [1.807, 2.05) is 0 Å². The zero-order valence-corrected chi connectivity index (χ0v) is 18.0. The number of unbranched alkanes of at least 4 members (excludes halogenated alkanes) is 15. The molecule has 0 aromatic rings. The van der Waals surface area contributed by atoms with Crippen LogP contribution in [0.2, 0.25) is 0 Å². The van der Waals surface area contributed by atoms with Crippen molar-refractivity contribution in [1.29, 1.82) is 0 Å². The molecule has 1 fully saturated rings. The van der Waals surface area contributed by atoms with Gasteiger partial charge in [0.25, 0.3) is 0 Å². The highest BCUT2D eigenvalue weighted by Gasteiger charge is 2.24. The summed E-state index contributed by atoms with van der Waals surface area (Å²) < 4.78 is 0. The average molecular weight is 383 g/mol. The summed E-state index contributed by atoms with van der Waals surface area (Å²) in [5, 5.41) is 12.4. The highest BCUT2D eigenvalue weighted by Crippen LogP contribution is 2.15. The Labute approximate surface area is 168 Å². The van der Waals surface area contributed by atoms with Crippen LogP contribution < -0.4 is 5.32 Å². The van der Waals surface area contributed by atoms with Crippen LogP contribution in [-0.2, 0) is 4.79 Å². The van der Waals surface area contributed by atoms with Gasteiger partial charge in [-0.2, -0.15) is 0 Å². The molecule has 1 unspecified atom stereocenters. The lowest BCUT2D eigenvalue weighted by atomic mass is 10.0. The van der Waals surface area contributed by atoms with Crippen molar-refractivity contribution in [3.63, 3.8) is 0 Å². The van der Waals surface area contributed by atoms with Crippen molar-refractivity contribution in [3.8, 4) is 0 Å². The summed E-state index contributed by atoms with van der Waals surface area (Å²) in [4.78, 5) is 12.9. The maximum absolute atomic E-state index is 10.9. The second-order valence-electron chi connectivity index (χ2n) is 8.43. The van der Waals surface area contributed by atoms with Crippen molar-refractivity contribution in [1.82, 2.24) is 10.2 Å². The summed E-state index contributed by atoms with van der Waals surface area (Å²) >= 11 is 0. The van der Waals surface area contributed by atoms with Gasteiger partial charge in [-0.1, -0.05) is 110 Å². The summed E-state index contributed by atoms with van der Waals surface area (Å²) in [5.41, 5.74) is 0. The molecular weight excluding hydrogens is 336 g/mol. The fourth-order valence-corrected chi connectivity index (χ4v) is 4.19. The first kappa shape index (κ1) is 24.4. The maximum atomic E-state index is 10.9. The SMILES string of the molecule is CCCCCCCCCCCCCCCCCCC1NCCN1CC(=O)O. The van der Waals surface area contributed by atoms with Gasteiger partial charge in [0.15, 0.2) is 0 Å². The van der Waals surface area contributed by atoms with Crippen LogP contribution in [-0.4, -0.2) is 41.8 Å². The van der Waals surface area contributed by atoms with Crippen LogP contribution in [0.5, 0.6) is 0 Å². The molecule has 2 N–H and O–H groups in total. The molecule has 0 bridgehead atoms. The normalized spacial score (nSPS) is 17.6. The van der Waals surface area contributed by atoms with E-state index in [9.17, 15) is 4.79 Å². The molecule has 1 rings (SSSR count). The Kier molecular flexibility index (Phi) is 15.8. The van der Waals surface area contributed by atoms with E-state index < -0.39 is 5.97 Å². The third-order valence-corrected chi connectivity index (χ3v) is 5.89. The number of nitrogens with one attached hydrogen (secondary N) is 1. The van der Waals surface area contributed by atoms with E-state index in [1.165, 1.54) is 103 Å². The number of rotatable bonds is 19. The van der Waals surface area contributed by atoms with Gasteiger partial charge in [-0.3, -0.25) is 9.69 Å². The Bertz CT molecular complexity index is 349. The predicted octanol–water partition coefficient (Wildman–Crippen LogP) is 5.95. The number of nitrogens with zero attached hydrogens (tertiary/aromatic N) is 1. The lowest BCUT2D eigenvalue weighted by Crippen LogP contribution is -2.38. The maximum Gasteiger partial charge on any atom is 0.317 e. The molecule has 1 saturated heterocycles. The van der Waals surface area contributed by atoms with E-state index in [-0.39, 0.29) is 12.7 Å². The molecule has 4 heteroatoms. The Morgan fingerprint density at radius 3 is 1.70 bits per heavy atom. The van der Waals surface area contributed by atoms with Crippen LogP contribution in [0.25, 0.3) is 0 Å². The molecule has 0 aromatic carbocycles. The second kappa shape index (κ2) is 17.5. The fourth-order valence-electron chi connectivity index (χ4n) is 4.19. The monoisotopic (exact) mass is 382 g/mol. The molecule has 0 aliphatic carbocycles. The summed E-state index contributed by atoms with van der Waals surface area (Å²) in [6, 6.07) is 0. The van der Waals surface area contributed by atoms with Crippen LogP contribution in [0.3, 0.4) is 0 Å². The molecule has 27 heavy (non-hydrogen) atoms. The van der Waals surface area contributed by atoms with E-state index >= 15 is 0 Å². The van der Waals surface area contributed by atoms with Crippen molar-refractivity contribution >= 4 is 5.97 Å². The van der Waals surface area contributed by atoms with Crippen LogP contribution in [0.4, 0.5) is 0 Å². The molecule has 0 radical (unpaired) electrons. The summed E-state index contributed by atoms with van der Waals surface area (Å²) in [7, 11) is 0. The van der Waals surface area contributed by atoms with Crippen molar-refractivity contribution < 1.29 is 9.90 Å². The van der Waals surface area contributed by atoms with E-state index in [0.717, 1.165) is 19.5 Å². The number of carboxylic acid groups (broad SMARTS) is 1. The average Bonchev–Trinajstić information content (AvgIpc) is 3.07. The van der Waals surface area contributed by atoms with Crippen LogP contribution in [0.15, 0.2) is 0 Å². The highest BCUT2D eigenvalue weighted by atomic mass is 16.4. The number of hydrogen-bond donors (Lipinski definition) is 2. The minimum absolute atomic E-state index is 0.177. The number of carbonyl (C=O) groups is 1. The van der Waals surface area contributed by atoms with Crippen LogP contribution >= 0.6 is 0 Å². The van der Waals surface area contributed by atoms with Gasteiger partial charge < -0.3 is 10.4 Å². The molecule has 1 atom stereocenters. The number of carboxylic acids is 1. The predicted molar refractivity (Wildman–Crippen MR) is 115 cm³/mol. The quantitative estimate of drug-likeness (QED) is 0.271. The Balaban J connectivity index is 1.77. The zero-order valence-electron chi connectivity index (χ0n) is 18.0. The molecule has 1 aliphatic rings. The topological polar surface area (TPSA) is 52.6 Å². The van der Waals surface area contributed by atoms with E-state index in [0.29, 0.717) is 0 Å². The van der Waals surface area contributed by atoms with Crippen molar-refractivity contribution in [3.05, 3.63) is 0 Å². The molecule has 4 nitrogen and oxygen atoms in total. The lowest BCUT2D eigenvalue weighted by molar-refractivity contribution is -0.138. The highest BCUT2D eigenvalue weighted by molar-refractivity contribution is 5.69. The molecule has 0 spiro atoms. The van der Waals surface area contributed by atoms with Crippen molar-refractivity contribution in [2.45, 2.75) is 122 Å². The second-order valence-corrected chi connectivity index (χ2v) is 8.43. The van der Waals surface area contributed by atoms with Crippen molar-refractivity contribution in [2.24, 2.45) is 0 Å². The van der Waals surface area contributed by atoms with E-state index in [4.69, 9.17) is 5.11 Å². The summed E-state index contributed by atoms with van der Waals surface area (Å²) in [6.45, 7) is 4.26. The Hall–Kier alpha value is -0.610. The van der Waals surface area contributed by atoms with Crippen LogP contribution in [0, 0.1) is 0 Å². The summed E-state index contributed by atoms with van der Waals surface area (Å²) in [6.07, 6.45) is 23.7. The summed E-state index contributed by atoms with van der Waals surface area (Å²) in [5.74, 6) is -0.712. The van der Waals surface area contributed by atoms with E-state index in [1.54, 1.807) is 0 Å². The fraction of sp³-hybridized carbons (Fsp3) is 0.957. The third kappa shape index (κ3) is 14.1. The van der Waals surface area contributed by atoms with Gasteiger partial charge in [0.1, 0.15) is 0 Å². The van der Waals surface area contributed by atoms with Gasteiger partial charge in [0.2, 0.25) is 0 Å². The minimum Gasteiger partial charge on any atom is -0.480 e. The molecule has 0 saturated carbocycles. The first-order chi connectivity index (χ1) is 13.2.